The molecule has 0 aliphatic carbocycles. The van der Waals surface area contributed by atoms with Crippen LogP contribution in [0.4, 0.5) is 5.69 Å². The number of halogens is 1. The molecule has 0 spiro atoms. The minimum Gasteiger partial charge on any atom is -0.380 e. The fourth-order valence-corrected chi connectivity index (χ4v) is 3.61. The molecule has 4 nitrogen and oxygen atoms in total. The van der Waals surface area contributed by atoms with E-state index in [4.69, 9.17) is 0 Å². The minimum atomic E-state index is -0.330. The Morgan fingerprint density at radius 2 is 1.95 bits per heavy atom. The fourth-order valence-electron chi connectivity index (χ4n) is 2.07. The Bertz CT molecular complexity index is 704. The summed E-state index contributed by atoms with van der Waals surface area (Å²) in [7, 11) is 0. The van der Waals surface area contributed by atoms with Gasteiger partial charge in [-0.25, -0.2) is 0 Å². The third kappa shape index (κ3) is 2.36. The van der Waals surface area contributed by atoms with Gasteiger partial charge in [0.05, 0.1) is 11.1 Å². The van der Waals surface area contributed by atoms with Crippen molar-refractivity contribution in [1.29, 1.82) is 0 Å². The van der Waals surface area contributed by atoms with Crippen LogP contribution < -0.4 is 10.6 Å². The molecule has 1 aliphatic rings. The normalized spacial score (nSPS) is 13.3. The first-order valence-electron chi connectivity index (χ1n) is 6.03. The van der Waals surface area contributed by atoms with Crippen LogP contribution in [-0.2, 0) is 6.54 Å². The summed E-state index contributed by atoms with van der Waals surface area (Å²) in [5, 5.41) is 5.55. The van der Waals surface area contributed by atoms with E-state index in [1.54, 1.807) is 23.5 Å². The van der Waals surface area contributed by atoms with Gasteiger partial charge in [0.2, 0.25) is 0 Å². The number of hydrogen-bond acceptors (Lipinski definition) is 4. The van der Waals surface area contributed by atoms with Crippen molar-refractivity contribution in [3.8, 4) is 0 Å². The lowest BCUT2D eigenvalue weighted by atomic mass is 10.1. The lowest BCUT2D eigenvalue weighted by Crippen LogP contribution is -2.19. The molecule has 1 aliphatic heterocycles. The minimum absolute atomic E-state index is 0.325. The van der Waals surface area contributed by atoms with E-state index in [1.807, 2.05) is 6.07 Å². The second kappa shape index (κ2) is 5.03. The van der Waals surface area contributed by atoms with Crippen molar-refractivity contribution >= 4 is 44.8 Å². The molecule has 0 fully saturated rings. The summed E-state index contributed by atoms with van der Waals surface area (Å²) in [4.78, 5) is 25.5. The van der Waals surface area contributed by atoms with E-state index in [2.05, 4.69) is 39.6 Å². The van der Waals surface area contributed by atoms with Gasteiger partial charge in [0.25, 0.3) is 11.8 Å². The molecule has 2 aromatic rings. The highest BCUT2D eigenvalue weighted by molar-refractivity contribution is 9.10. The summed E-state index contributed by atoms with van der Waals surface area (Å²) in [5.74, 6) is -0.655. The Morgan fingerprint density at radius 3 is 2.65 bits per heavy atom. The molecule has 2 amide bonds. The average Bonchev–Trinajstić information content (AvgIpc) is 2.88. The van der Waals surface area contributed by atoms with Gasteiger partial charge in [0, 0.05) is 26.5 Å². The van der Waals surface area contributed by atoms with E-state index >= 15 is 0 Å². The van der Waals surface area contributed by atoms with Crippen molar-refractivity contribution < 1.29 is 9.59 Å². The fraction of sp³-hybridized carbons (Fsp3) is 0.143. The molecule has 102 valence electrons. The summed E-state index contributed by atoms with van der Waals surface area (Å²) in [5.41, 5.74) is 1.70. The Labute approximate surface area is 128 Å². The molecule has 6 heteroatoms. The summed E-state index contributed by atoms with van der Waals surface area (Å²) in [6, 6.07) is 7.28. The predicted molar refractivity (Wildman–Crippen MR) is 82.3 cm³/mol. The Kier molecular flexibility index (Phi) is 3.35. The first kappa shape index (κ1) is 13.3. The number of thiophene rings is 1. The lowest BCUT2D eigenvalue weighted by Gasteiger charge is -2.05. The molecule has 0 saturated heterocycles. The molecule has 0 unspecified atom stereocenters. The summed E-state index contributed by atoms with van der Waals surface area (Å²) in [6.07, 6.45) is 0. The molecule has 2 N–H and O–H groups in total. The second-order valence-electron chi connectivity index (χ2n) is 4.51. The van der Waals surface area contributed by atoms with Gasteiger partial charge in [-0.2, -0.15) is 0 Å². The van der Waals surface area contributed by atoms with Crippen molar-refractivity contribution in [3.63, 3.8) is 0 Å². The molecule has 0 atom stereocenters. The molecule has 0 saturated carbocycles. The number of anilines is 1. The third-order valence-electron chi connectivity index (χ3n) is 3.11. The van der Waals surface area contributed by atoms with Gasteiger partial charge in [0.15, 0.2) is 0 Å². The predicted octanol–water partition coefficient (Wildman–Crippen LogP) is 3.31. The van der Waals surface area contributed by atoms with Crippen LogP contribution in [0.2, 0.25) is 0 Å². The van der Waals surface area contributed by atoms with Crippen LogP contribution in [-0.4, -0.2) is 11.8 Å². The van der Waals surface area contributed by atoms with Crippen LogP contribution in [0, 0.1) is 6.92 Å². The van der Waals surface area contributed by atoms with Crippen molar-refractivity contribution in [2.45, 2.75) is 13.5 Å². The molecule has 20 heavy (non-hydrogen) atoms. The summed E-state index contributed by atoms with van der Waals surface area (Å²) >= 11 is 5.21. The molecule has 0 radical (unpaired) electrons. The standard InChI is InChI=1S/C14H11BrN2O2S/c1-7-12(15)5-9(20-7)6-16-8-2-3-10-11(4-8)14(19)17-13(10)18/h2-5,16H,6H2,1H3,(H,17,18,19). The van der Waals surface area contributed by atoms with Crippen LogP contribution in [0.3, 0.4) is 0 Å². The Balaban J connectivity index is 1.77. The molecular weight excluding hydrogens is 340 g/mol. The molecule has 3 rings (SSSR count). The van der Waals surface area contributed by atoms with Crippen LogP contribution in [0.1, 0.15) is 30.5 Å². The highest BCUT2D eigenvalue weighted by Gasteiger charge is 2.26. The van der Waals surface area contributed by atoms with Crippen LogP contribution in [0.25, 0.3) is 0 Å². The maximum Gasteiger partial charge on any atom is 0.259 e. The lowest BCUT2D eigenvalue weighted by molar-refractivity contribution is 0.0879. The Morgan fingerprint density at radius 1 is 1.20 bits per heavy atom. The zero-order chi connectivity index (χ0) is 14.3. The van der Waals surface area contributed by atoms with E-state index in [9.17, 15) is 9.59 Å². The molecular formula is C14H11BrN2O2S. The van der Waals surface area contributed by atoms with Crippen molar-refractivity contribution in [2.24, 2.45) is 0 Å². The van der Waals surface area contributed by atoms with E-state index in [0.717, 1.165) is 10.2 Å². The first-order valence-corrected chi connectivity index (χ1v) is 7.64. The SMILES string of the molecule is Cc1sc(CNc2ccc3c(c2)C(=O)NC3=O)cc1Br. The number of carbonyl (C=O) groups is 2. The average molecular weight is 351 g/mol. The zero-order valence-corrected chi connectivity index (χ0v) is 13.0. The molecule has 1 aromatic heterocycles. The van der Waals surface area contributed by atoms with Crippen LogP contribution in [0.15, 0.2) is 28.7 Å². The van der Waals surface area contributed by atoms with Gasteiger partial charge in [-0.3, -0.25) is 14.9 Å². The van der Waals surface area contributed by atoms with Gasteiger partial charge in [-0.15, -0.1) is 11.3 Å². The van der Waals surface area contributed by atoms with Gasteiger partial charge in [0.1, 0.15) is 0 Å². The quantitative estimate of drug-likeness (QED) is 0.834. The van der Waals surface area contributed by atoms with Gasteiger partial charge >= 0.3 is 0 Å². The van der Waals surface area contributed by atoms with Crippen molar-refractivity contribution in [3.05, 3.63) is 49.6 Å². The number of aryl methyl sites for hydroxylation is 1. The van der Waals surface area contributed by atoms with Gasteiger partial charge < -0.3 is 5.32 Å². The number of amides is 2. The number of nitrogens with one attached hydrogen (secondary N) is 2. The molecule has 1 aromatic carbocycles. The first-order chi connectivity index (χ1) is 9.54. The number of hydrogen-bond donors (Lipinski definition) is 2. The summed E-state index contributed by atoms with van der Waals surface area (Å²) in [6.45, 7) is 2.75. The smallest absolute Gasteiger partial charge is 0.259 e. The largest absolute Gasteiger partial charge is 0.380 e. The maximum atomic E-state index is 11.6. The van der Waals surface area contributed by atoms with E-state index in [0.29, 0.717) is 17.7 Å². The number of fused-ring (bicyclic) bond motifs is 1. The monoisotopic (exact) mass is 350 g/mol. The number of carbonyl (C=O) groups excluding carboxylic acids is 2. The van der Waals surface area contributed by atoms with Gasteiger partial charge in [-0.1, -0.05) is 0 Å². The number of benzene rings is 1. The van der Waals surface area contributed by atoms with E-state index in [-0.39, 0.29) is 11.8 Å². The number of imide groups is 1. The van der Waals surface area contributed by atoms with Gasteiger partial charge in [-0.05, 0) is 47.1 Å². The topological polar surface area (TPSA) is 58.2 Å². The highest BCUT2D eigenvalue weighted by atomic mass is 79.9. The van der Waals surface area contributed by atoms with Crippen LogP contribution in [0.5, 0.6) is 0 Å². The summed E-state index contributed by atoms with van der Waals surface area (Å²) < 4.78 is 1.11. The highest BCUT2D eigenvalue weighted by Crippen LogP contribution is 2.27. The maximum absolute atomic E-state index is 11.6. The molecule has 2 heterocycles. The van der Waals surface area contributed by atoms with E-state index < -0.39 is 0 Å². The van der Waals surface area contributed by atoms with Crippen molar-refractivity contribution in [2.75, 3.05) is 5.32 Å². The Hall–Kier alpha value is -1.66. The second-order valence-corrected chi connectivity index (χ2v) is 6.71. The molecule has 0 bridgehead atoms. The zero-order valence-electron chi connectivity index (χ0n) is 10.6. The van der Waals surface area contributed by atoms with Crippen LogP contribution >= 0.6 is 27.3 Å². The third-order valence-corrected chi connectivity index (χ3v) is 5.25. The van der Waals surface area contributed by atoms with E-state index in [1.165, 1.54) is 9.75 Å². The van der Waals surface area contributed by atoms with Crippen molar-refractivity contribution in [1.82, 2.24) is 5.32 Å². The number of rotatable bonds is 3.